The SMILES string of the molecule is CC(=O)Nc1ccc(NC(=O)C(C)(C)C(=O)Nc2cccc(C#N)c2)cc1. The van der Waals surface area contributed by atoms with Crippen molar-refractivity contribution in [3.63, 3.8) is 0 Å². The third kappa shape index (κ3) is 5.16. The van der Waals surface area contributed by atoms with Crippen molar-refractivity contribution in [1.82, 2.24) is 0 Å². The summed E-state index contributed by atoms with van der Waals surface area (Å²) in [7, 11) is 0. The second kappa shape index (κ2) is 8.15. The number of amides is 3. The number of nitriles is 1. The second-order valence-electron chi connectivity index (χ2n) is 6.48. The van der Waals surface area contributed by atoms with Crippen molar-refractivity contribution in [2.45, 2.75) is 20.8 Å². The molecule has 3 N–H and O–H groups in total. The number of nitrogens with one attached hydrogen (secondary N) is 3. The first-order valence-corrected chi connectivity index (χ1v) is 8.23. The van der Waals surface area contributed by atoms with E-state index in [2.05, 4.69) is 16.0 Å². The molecule has 0 aromatic heterocycles. The maximum atomic E-state index is 12.6. The molecule has 0 fully saturated rings. The Morgan fingerprint density at radius 1 is 0.852 bits per heavy atom. The summed E-state index contributed by atoms with van der Waals surface area (Å²) >= 11 is 0. The lowest BCUT2D eigenvalue weighted by molar-refractivity contribution is -0.135. The monoisotopic (exact) mass is 364 g/mol. The molecule has 0 spiro atoms. The molecule has 3 amide bonds. The van der Waals surface area contributed by atoms with Crippen molar-refractivity contribution in [3.8, 4) is 6.07 Å². The van der Waals surface area contributed by atoms with Gasteiger partial charge in [-0.3, -0.25) is 14.4 Å². The molecule has 2 rings (SSSR count). The van der Waals surface area contributed by atoms with Gasteiger partial charge in [-0.1, -0.05) is 6.07 Å². The minimum atomic E-state index is -1.35. The fraction of sp³-hybridized carbons (Fsp3) is 0.200. The number of nitrogens with zero attached hydrogens (tertiary/aromatic N) is 1. The van der Waals surface area contributed by atoms with E-state index in [1.807, 2.05) is 6.07 Å². The summed E-state index contributed by atoms with van der Waals surface area (Å²) in [6.45, 7) is 4.43. The zero-order chi connectivity index (χ0) is 20.0. The third-order valence-electron chi connectivity index (χ3n) is 3.85. The van der Waals surface area contributed by atoms with Gasteiger partial charge in [0.1, 0.15) is 5.41 Å². The van der Waals surface area contributed by atoms with E-state index >= 15 is 0 Å². The molecule has 0 radical (unpaired) electrons. The Bertz CT molecular complexity index is 912. The maximum Gasteiger partial charge on any atom is 0.239 e. The molecule has 7 nitrogen and oxygen atoms in total. The van der Waals surface area contributed by atoms with Gasteiger partial charge in [0.25, 0.3) is 0 Å². The van der Waals surface area contributed by atoms with Crippen LogP contribution in [-0.2, 0) is 14.4 Å². The van der Waals surface area contributed by atoms with Crippen LogP contribution < -0.4 is 16.0 Å². The zero-order valence-corrected chi connectivity index (χ0v) is 15.3. The molecule has 0 aliphatic carbocycles. The van der Waals surface area contributed by atoms with Crippen LogP contribution in [0.4, 0.5) is 17.1 Å². The Labute approximate surface area is 157 Å². The van der Waals surface area contributed by atoms with E-state index in [1.165, 1.54) is 26.8 Å². The third-order valence-corrected chi connectivity index (χ3v) is 3.85. The van der Waals surface area contributed by atoms with Gasteiger partial charge in [0.15, 0.2) is 0 Å². The fourth-order valence-corrected chi connectivity index (χ4v) is 2.18. The molecule has 138 valence electrons. The maximum absolute atomic E-state index is 12.6. The Kier molecular flexibility index (Phi) is 5.93. The fourth-order valence-electron chi connectivity index (χ4n) is 2.18. The molecule has 0 aliphatic rings. The number of carbonyl (C=O) groups excluding carboxylic acids is 3. The quantitative estimate of drug-likeness (QED) is 0.708. The van der Waals surface area contributed by atoms with Gasteiger partial charge in [-0.2, -0.15) is 5.26 Å². The highest BCUT2D eigenvalue weighted by Crippen LogP contribution is 2.23. The molecular weight excluding hydrogens is 344 g/mol. The van der Waals surface area contributed by atoms with E-state index in [4.69, 9.17) is 5.26 Å². The smallest absolute Gasteiger partial charge is 0.239 e. The predicted octanol–water partition coefficient (Wildman–Crippen LogP) is 3.12. The minimum absolute atomic E-state index is 0.190. The number of hydrogen-bond acceptors (Lipinski definition) is 4. The number of benzene rings is 2. The van der Waals surface area contributed by atoms with E-state index in [-0.39, 0.29) is 5.91 Å². The number of anilines is 3. The van der Waals surface area contributed by atoms with Crippen LogP contribution in [0.15, 0.2) is 48.5 Å². The normalized spacial score (nSPS) is 10.4. The Balaban J connectivity index is 2.05. The van der Waals surface area contributed by atoms with Gasteiger partial charge in [-0.25, -0.2) is 0 Å². The molecule has 27 heavy (non-hydrogen) atoms. The predicted molar refractivity (Wildman–Crippen MR) is 103 cm³/mol. The van der Waals surface area contributed by atoms with Crippen molar-refractivity contribution in [2.75, 3.05) is 16.0 Å². The molecule has 0 saturated carbocycles. The van der Waals surface area contributed by atoms with Gasteiger partial charge in [0.2, 0.25) is 17.7 Å². The Morgan fingerprint density at radius 3 is 1.89 bits per heavy atom. The van der Waals surface area contributed by atoms with E-state index in [9.17, 15) is 14.4 Å². The molecule has 2 aromatic carbocycles. The summed E-state index contributed by atoms with van der Waals surface area (Å²) in [5, 5.41) is 16.9. The van der Waals surface area contributed by atoms with Gasteiger partial charge in [0, 0.05) is 24.0 Å². The highest BCUT2D eigenvalue weighted by Gasteiger charge is 2.36. The van der Waals surface area contributed by atoms with Crippen LogP contribution in [0.25, 0.3) is 0 Å². The molecule has 0 saturated heterocycles. The number of hydrogen-bond donors (Lipinski definition) is 3. The van der Waals surface area contributed by atoms with E-state index in [1.54, 1.807) is 42.5 Å². The molecule has 0 aliphatic heterocycles. The highest BCUT2D eigenvalue weighted by atomic mass is 16.2. The molecule has 0 atom stereocenters. The number of carbonyl (C=O) groups is 3. The molecular formula is C20H20N4O3. The van der Waals surface area contributed by atoms with E-state index < -0.39 is 17.2 Å². The van der Waals surface area contributed by atoms with Crippen molar-refractivity contribution >= 4 is 34.8 Å². The molecule has 2 aromatic rings. The van der Waals surface area contributed by atoms with Gasteiger partial charge < -0.3 is 16.0 Å². The van der Waals surface area contributed by atoms with Crippen LogP contribution in [0.3, 0.4) is 0 Å². The summed E-state index contributed by atoms with van der Waals surface area (Å²) in [6, 6.07) is 15.0. The summed E-state index contributed by atoms with van der Waals surface area (Å²) in [5.41, 5.74) is 0.615. The first-order chi connectivity index (χ1) is 12.7. The second-order valence-corrected chi connectivity index (χ2v) is 6.48. The van der Waals surface area contributed by atoms with Crippen LogP contribution in [0, 0.1) is 16.7 Å². The highest BCUT2D eigenvalue weighted by molar-refractivity contribution is 6.14. The lowest BCUT2D eigenvalue weighted by Gasteiger charge is -2.23. The van der Waals surface area contributed by atoms with Crippen LogP contribution in [0.5, 0.6) is 0 Å². The van der Waals surface area contributed by atoms with Crippen molar-refractivity contribution in [1.29, 1.82) is 5.26 Å². The number of rotatable bonds is 5. The van der Waals surface area contributed by atoms with Crippen LogP contribution >= 0.6 is 0 Å². The molecule has 0 heterocycles. The lowest BCUT2D eigenvalue weighted by Crippen LogP contribution is -2.41. The topological polar surface area (TPSA) is 111 Å². The molecule has 7 heteroatoms. The first-order valence-electron chi connectivity index (χ1n) is 8.23. The van der Waals surface area contributed by atoms with Crippen LogP contribution in [0.2, 0.25) is 0 Å². The van der Waals surface area contributed by atoms with E-state index in [0.717, 1.165) is 0 Å². The van der Waals surface area contributed by atoms with Crippen molar-refractivity contribution in [3.05, 3.63) is 54.1 Å². The molecule has 0 unspecified atom stereocenters. The summed E-state index contributed by atoms with van der Waals surface area (Å²) in [4.78, 5) is 36.1. The lowest BCUT2D eigenvalue weighted by atomic mass is 9.90. The van der Waals surface area contributed by atoms with Crippen LogP contribution in [-0.4, -0.2) is 17.7 Å². The average molecular weight is 364 g/mol. The Hall–Kier alpha value is -3.66. The molecule has 0 bridgehead atoms. The van der Waals surface area contributed by atoms with Gasteiger partial charge >= 0.3 is 0 Å². The minimum Gasteiger partial charge on any atom is -0.326 e. The zero-order valence-electron chi connectivity index (χ0n) is 15.3. The Morgan fingerprint density at radius 2 is 1.37 bits per heavy atom. The standard InChI is InChI=1S/C20H20N4O3/c1-13(25)22-15-7-9-16(10-8-15)23-18(26)20(2,3)19(27)24-17-6-4-5-14(11-17)12-21/h4-11H,1-3H3,(H,22,25)(H,23,26)(H,24,27). The van der Waals surface area contributed by atoms with Gasteiger partial charge in [-0.05, 0) is 56.3 Å². The summed E-state index contributed by atoms with van der Waals surface area (Å²) in [5.74, 6) is -1.17. The first kappa shape index (κ1) is 19.7. The average Bonchev–Trinajstić information content (AvgIpc) is 2.63. The van der Waals surface area contributed by atoms with Crippen LogP contribution in [0.1, 0.15) is 26.3 Å². The van der Waals surface area contributed by atoms with E-state index in [0.29, 0.717) is 22.6 Å². The van der Waals surface area contributed by atoms with Gasteiger partial charge in [-0.15, -0.1) is 0 Å². The van der Waals surface area contributed by atoms with Crippen molar-refractivity contribution in [2.24, 2.45) is 5.41 Å². The largest absolute Gasteiger partial charge is 0.326 e. The van der Waals surface area contributed by atoms with Crippen molar-refractivity contribution < 1.29 is 14.4 Å². The van der Waals surface area contributed by atoms with Gasteiger partial charge in [0.05, 0.1) is 11.6 Å². The summed E-state index contributed by atoms with van der Waals surface area (Å²) < 4.78 is 0. The summed E-state index contributed by atoms with van der Waals surface area (Å²) in [6.07, 6.45) is 0.